The van der Waals surface area contributed by atoms with Gasteiger partial charge in [-0.15, -0.1) is 0 Å². The lowest BCUT2D eigenvalue weighted by atomic mass is 9.88. The number of aromatic nitrogens is 4. The van der Waals surface area contributed by atoms with Crippen LogP contribution in [0.25, 0.3) is 0 Å². The molecular formula is C23H26N6O2. The quantitative estimate of drug-likeness (QED) is 0.664. The molecule has 4 rings (SSSR count). The minimum atomic E-state index is -0.282. The van der Waals surface area contributed by atoms with E-state index >= 15 is 0 Å². The van der Waals surface area contributed by atoms with E-state index in [9.17, 15) is 9.59 Å². The summed E-state index contributed by atoms with van der Waals surface area (Å²) in [6.45, 7) is 3.35. The average Bonchev–Trinajstić information content (AvgIpc) is 3.31. The Hall–Kier alpha value is -3.55. The number of nitrogens with one attached hydrogen (secondary N) is 1. The van der Waals surface area contributed by atoms with E-state index in [0.29, 0.717) is 18.7 Å². The Kier molecular flexibility index (Phi) is 6.35. The van der Waals surface area contributed by atoms with Crippen LogP contribution in [-0.4, -0.2) is 49.6 Å². The van der Waals surface area contributed by atoms with Crippen molar-refractivity contribution in [2.24, 2.45) is 5.92 Å². The third-order valence-corrected chi connectivity index (χ3v) is 5.73. The van der Waals surface area contributed by atoms with Crippen molar-refractivity contribution in [3.05, 3.63) is 78.1 Å². The maximum Gasteiger partial charge on any atom is 0.252 e. The summed E-state index contributed by atoms with van der Waals surface area (Å²) in [5, 5.41) is 7.22. The number of rotatable bonds is 6. The van der Waals surface area contributed by atoms with Crippen molar-refractivity contribution < 1.29 is 9.59 Å². The molecule has 1 aliphatic heterocycles. The van der Waals surface area contributed by atoms with Crippen LogP contribution >= 0.6 is 0 Å². The van der Waals surface area contributed by atoms with Gasteiger partial charge in [-0.05, 0) is 43.5 Å². The van der Waals surface area contributed by atoms with Gasteiger partial charge in [-0.25, -0.2) is 9.67 Å². The Bertz CT molecular complexity index is 1020. The van der Waals surface area contributed by atoms with Gasteiger partial charge in [-0.1, -0.05) is 24.3 Å². The van der Waals surface area contributed by atoms with Gasteiger partial charge < -0.3 is 10.2 Å². The van der Waals surface area contributed by atoms with Gasteiger partial charge in [0, 0.05) is 30.8 Å². The van der Waals surface area contributed by atoms with E-state index < -0.39 is 0 Å². The Morgan fingerprint density at radius 2 is 2.03 bits per heavy atom. The summed E-state index contributed by atoms with van der Waals surface area (Å²) >= 11 is 0. The standard InChI is InChI=1S/C23H26N6O2/c1-17-7-2-3-9-19(17)23(31)27-22(20-10-4-5-11-25-20)18-8-6-12-28(13-18)21(30)14-29-16-24-15-26-29/h2-5,7,9-11,15-16,18,22H,6,8,12-14H2,1H3,(H,27,31)/t18-,22+/m1/s1. The average molecular weight is 419 g/mol. The van der Waals surface area contributed by atoms with E-state index in [1.807, 2.05) is 54.3 Å². The smallest absolute Gasteiger partial charge is 0.252 e. The molecule has 2 amide bonds. The Morgan fingerprint density at radius 3 is 2.77 bits per heavy atom. The number of likely N-dealkylation sites (tertiary alicyclic amines) is 1. The Morgan fingerprint density at radius 1 is 1.19 bits per heavy atom. The molecule has 8 heteroatoms. The van der Waals surface area contributed by atoms with Crippen LogP contribution in [-0.2, 0) is 11.3 Å². The largest absolute Gasteiger partial charge is 0.343 e. The van der Waals surface area contributed by atoms with E-state index in [0.717, 1.165) is 24.1 Å². The van der Waals surface area contributed by atoms with Crippen molar-refractivity contribution in [3.63, 3.8) is 0 Å². The first-order valence-corrected chi connectivity index (χ1v) is 10.5. The molecule has 1 aliphatic rings. The molecule has 0 unspecified atom stereocenters. The van der Waals surface area contributed by atoms with Crippen molar-refractivity contribution in [1.82, 2.24) is 30.0 Å². The highest BCUT2D eigenvalue weighted by molar-refractivity contribution is 5.95. The van der Waals surface area contributed by atoms with Crippen LogP contribution in [0.15, 0.2) is 61.3 Å². The van der Waals surface area contributed by atoms with Crippen LogP contribution in [0.3, 0.4) is 0 Å². The monoisotopic (exact) mass is 418 g/mol. The highest BCUT2D eigenvalue weighted by Gasteiger charge is 2.32. The van der Waals surface area contributed by atoms with Crippen molar-refractivity contribution in [1.29, 1.82) is 0 Å². The minimum Gasteiger partial charge on any atom is -0.343 e. The first-order chi connectivity index (χ1) is 15.1. The minimum absolute atomic E-state index is 0.000186. The molecule has 0 saturated carbocycles. The molecule has 0 spiro atoms. The molecule has 8 nitrogen and oxygen atoms in total. The first kappa shape index (κ1) is 20.7. The highest BCUT2D eigenvalue weighted by atomic mass is 16.2. The molecule has 3 heterocycles. The van der Waals surface area contributed by atoms with Gasteiger partial charge in [-0.3, -0.25) is 14.6 Å². The fourth-order valence-electron chi connectivity index (χ4n) is 4.10. The summed E-state index contributed by atoms with van der Waals surface area (Å²) in [6.07, 6.45) is 6.47. The molecule has 0 aliphatic carbocycles. The van der Waals surface area contributed by atoms with Gasteiger partial charge in [0.15, 0.2) is 0 Å². The molecule has 1 fully saturated rings. The summed E-state index contributed by atoms with van der Waals surface area (Å²) in [5.41, 5.74) is 2.38. The summed E-state index contributed by atoms with van der Waals surface area (Å²) in [6, 6.07) is 13.0. The zero-order valence-electron chi connectivity index (χ0n) is 17.5. The number of benzene rings is 1. The normalized spacial score (nSPS) is 17.2. The molecule has 1 N–H and O–H groups in total. The number of aryl methyl sites for hydroxylation is 1. The Balaban J connectivity index is 1.53. The molecule has 31 heavy (non-hydrogen) atoms. The molecule has 3 aromatic rings. The van der Waals surface area contributed by atoms with E-state index in [4.69, 9.17) is 0 Å². The fraction of sp³-hybridized carbons (Fsp3) is 0.348. The lowest BCUT2D eigenvalue weighted by molar-refractivity contribution is -0.134. The number of carbonyl (C=O) groups is 2. The third kappa shape index (κ3) is 4.96. The van der Waals surface area contributed by atoms with Gasteiger partial charge in [0.25, 0.3) is 5.91 Å². The van der Waals surface area contributed by atoms with Gasteiger partial charge >= 0.3 is 0 Å². The Labute approximate surface area is 181 Å². The SMILES string of the molecule is Cc1ccccc1C(=O)N[C@H](c1ccccn1)[C@@H]1CCCN(C(=O)Cn2cncn2)C1. The van der Waals surface area contributed by atoms with Crippen LogP contribution < -0.4 is 5.32 Å². The predicted octanol–water partition coefficient (Wildman–Crippen LogP) is 2.39. The summed E-state index contributed by atoms with van der Waals surface area (Å²) in [7, 11) is 0. The first-order valence-electron chi connectivity index (χ1n) is 10.5. The molecule has 0 bridgehead atoms. The lowest BCUT2D eigenvalue weighted by Gasteiger charge is -2.37. The maximum absolute atomic E-state index is 13.1. The number of carbonyl (C=O) groups excluding carboxylic acids is 2. The second kappa shape index (κ2) is 9.51. The number of hydrogen-bond acceptors (Lipinski definition) is 5. The second-order valence-electron chi connectivity index (χ2n) is 7.86. The molecule has 1 aromatic carbocycles. The van der Waals surface area contributed by atoms with Crippen LogP contribution in [0.4, 0.5) is 0 Å². The van der Waals surface area contributed by atoms with Crippen molar-refractivity contribution in [2.75, 3.05) is 13.1 Å². The molecule has 1 saturated heterocycles. The number of piperidine rings is 1. The van der Waals surface area contributed by atoms with Crippen molar-refractivity contribution in [3.8, 4) is 0 Å². The van der Waals surface area contributed by atoms with Crippen molar-refractivity contribution in [2.45, 2.75) is 32.4 Å². The van der Waals surface area contributed by atoms with Crippen LogP contribution in [0, 0.1) is 12.8 Å². The van der Waals surface area contributed by atoms with Crippen molar-refractivity contribution >= 4 is 11.8 Å². The van der Waals surface area contributed by atoms with Crippen LogP contribution in [0.5, 0.6) is 0 Å². The summed E-state index contributed by atoms with van der Waals surface area (Å²) in [4.78, 5) is 36.1. The predicted molar refractivity (Wildman–Crippen MR) is 115 cm³/mol. The highest BCUT2D eigenvalue weighted by Crippen LogP contribution is 2.29. The second-order valence-corrected chi connectivity index (χ2v) is 7.86. The van der Waals surface area contributed by atoms with Gasteiger partial charge in [0.05, 0.1) is 11.7 Å². The molecule has 2 aromatic heterocycles. The van der Waals surface area contributed by atoms with Crippen LogP contribution in [0.2, 0.25) is 0 Å². The number of hydrogen-bond donors (Lipinski definition) is 1. The van der Waals surface area contributed by atoms with Gasteiger partial charge in [0.2, 0.25) is 5.91 Å². The third-order valence-electron chi connectivity index (χ3n) is 5.73. The summed E-state index contributed by atoms with van der Waals surface area (Å²) < 4.78 is 1.53. The molecular weight excluding hydrogens is 392 g/mol. The molecule has 0 radical (unpaired) electrons. The topological polar surface area (TPSA) is 93.0 Å². The zero-order valence-corrected chi connectivity index (χ0v) is 17.5. The number of nitrogens with zero attached hydrogens (tertiary/aromatic N) is 5. The van der Waals surface area contributed by atoms with Gasteiger partial charge in [0.1, 0.15) is 19.2 Å². The maximum atomic E-state index is 13.1. The van der Waals surface area contributed by atoms with E-state index in [-0.39, 0.29) is 30.3 Å². The number of pyridine rings is 1. The molecule has 160 valence electrons. The van der Waals surface area contributed by atoms with Crippen LogP contribution in [0.1, 0.15) is 40.5 Å². The van der Waals surface area contributed by atoms with Gasteiger partial charge in [-0.2, -0.15) is 5.10 Å². The number of amides is 2. The summed E-state index contributed by atoms with van der Waals surface area (Å²) in [5.74, 6) is -0.0589. The zero-order chi connectivity index (χ0) is 21.6. The molecule has 2 atom stereocenters. The van der Waals surface area contributed by atoms with E-state index in [1.54, 1.807) is 12.5 Å². The fourth-order valence-corrected chi connectivity index (χ4v) is 4.10. The lowest BCUT2D eigenvalue weighted by Crippen LogP contribution is -2.46. The van der Waals surface area contributed by atoms with E-state index in [2.05, 4.69) is 20.4 Å². The van der Waals surface area contributed by atoms with E-state index in [1.165, 1.54) is 11.0 Å².